The zero-order valence-electron chi connectivity index (χ0n) is 17.8. The predicted molar refractivity (Wildman–Crippen MR) is 114 cm³/mol. The Bertz CT molecular complexity index is 1120. The van der Waals surface area contributed by atoms with Crippen molar-refractivity contribution >= 4 is 17.7 Å². The summed E-state index contributed by atoms with van der Waals surface area (Å²) in [6.45, 7) is 5.31. The fourth-order valence-electron chi connectivity index (χ4n) is 3.23. The lowest BCUT2D eigenvalue weighted by molar-refractivity contribution is -0.136. The van der Waals surface area contributed by atoms with Gasteiger partial charge in [-0.05, 0) is 62.6 Å². The van der Waals surface area contributed by atoms with E-state index in [9.17, 15) is 18.8 Å². The van der Waals surface area contributed by atoms with E-state index in [0.29, 0.717) is 22.3 Å². The Morgan fingerprint density at radius 1 is 0.968 bits per heavy atom. The summed E-state index contributed by atoms with van der Waals surface area (Å²) in [5.74, 6) is -2.28. The second-order valence-electron chi connectivity index (χ2n) is 8.10. The largest absolute Gasteiger partial charge is 0.466 e. The number of esters is 2. The van der Waals surface area contributed by atoms with Crippen LogP contribution in [0.4, 0.5) is 4.39 Å². The molecule has 0 fully saturated rings. The molecule has 0 aromatic heterocycles. The number of carbonyl (C=O) groups excluding carboxylic acids is 3. The number of ether oxygens (including phenoxy) is 2. The molecule has 0 aliphatic heterocycles. The minimum atomic E-state index is -0.720. The van der Waals surface area contributed by atoms with Crippen molar-refractivity contribution in [1.29, 1.82) is 0 Å². The summed E-state index contributed by atoms with van der Waals surface area (Å²) in [6, 6.07) is 10.9. The van der Waals surface area contributed by atoms with E-state index in [0.717, 1.165) is 0 Å². The topological polar surface area (TPSA) is 69.7 Å². The second kappa shape index (κ2) is 8.68. The Labute approximate surface area is 180 Å². The molecule has 0 atom stereocenters. The summed E-state index contributed by atoms with van der Waals surface area (Å²) >= 11 is 0. The number of carbonyl (C=O) groups is 3. The van der Waals surface area contributed by atoms with Crippen LogP contribution < -0.4 is 0 Å². The average molecular weight is 422 g/mol. The number of hydrogen-bond donors (Lipinski definition) is 0. The van der Waals surface area contributed by atoms with Crippen molar-refractivity contribution < 1.29 is 28.2 Å². The molecule has 0 bridgehead atoms. The molecule has 2 aromatic carbocycles. The molecule has 0 saturated carbocycles. The van der Waals surface area contributed by atoms with Crippen molar-refractivity contribution in [3.8, 4) is 11.1 Å². The van der Waals surface area contributed by atoms with Crippen LogP contribution in [0.15, 0.2) is 65.8 Å². The summed E-state index contributed by atoms with van der Waals surface area (Å²) < 4.78 is 25.0. The van der Waals surface area contributed by atoms with Gasteiger partial charge >= 0.3 is 11.9 Å². The monoisotopic (exact) mass is 422 g/mol. The minimum absolute atomic E-state index is 0.118. The number of rotatable bonds is 5. The Morgan fingerprint density at radius 2 is 1.68 bits per heavy atom. The number of hydrogen-bond acceptors (Lipinski definition) is 5. The van der Waals surface area contributed by atoms with E-state index < -0.39 is 29.1 Å². The highest BCUT2D eigenvalue weighted by atomic mass is 19.1. The summed E-state index contributed by atoms with van der Waals surface area (Å²) in [4.78, 5) is 36.9. The van der Waals surface area contributed by atoms with Gasteiger partial charge < -0.3 is 9.47 Å². The molecule has 6 heteroatoms. The number of benzene rings is 2. The molecule has 2 aromatic rings. The van der Waals surface area contributed by atoms with Gasteiger partial charge in [-0.3, -0.25) is 4.79 Å². The van der Waals surface area contributed by atoms with Gasteiger partial charge in [-0.25, -0.2) is 14.0 Å². The highest BCUT2D eigenvalue weighted by molar-refractivity contribution is 6.12. The third-order valence-corrected chi connectivity index (χ3v) is 4.65. The van der Waals surface area contributed by atoms with Crippen molar-refractivity contribution in [2.75, 3.05) is 7.11 Å². The lowest BCUT2D eigenvalue weighted by Crippen LogP contribution is -2.24. The van der Waals surface area contributed by atoms with Crippen molar-refractivity contribution in [1.82, 2.24) is 0 Å². The molecule has 1 aliphatic carbocycles. The molecule has 0 saturated heterocycles. The van der Waals surface area contributed by atoms with Gasteiger partial charge in [0.1, 0.15) is 11.4 Å². The zero-order chi connectivity index (χ0) is 22.8. The summed E-state index contributed by atoms with van der Waals surface area (Å²) in [5, 5.41) is 0. The first-order valence-corrected chi connectivity index (χ1v) is 9.77. The molecule has 5 nitrogen and oxygen atoms in total. The lowest BCUT2D eigenvalue weighted by atomic mass is 9.96. The lowest BCUT2D eigenvalue weighted by Gasteiger charge is -2.20. The van der Waals surface area contributed by atoms with Gasteiger partial charge in [0.25, 0.3) is 0 Å². The molecule has 0 amide bonds. The van der Waals surface area contributed by atoms with Gasteiger partial charge in [-0.1, -0.05) is 30.3 Å². The highest BCUT2D eigenvalue weighted by Gasteiger charge is 2.24. The minimum Gasteiger partial charge on any atom is -0.466 e. The van der Waals surface area contributed by atoms with Gasteiger partial charge in [-0.15, -0.1) is 0 Å². The van der Waals surface area contributed by atoms with E-state index in [-0.39, 0.29) is 17.6 Å². The zero-order valence-corrected chi connectivity index (χ0v) is 17.8. The fraction of sp³-hybridized carbons (Fsp3) is 0.240. The summed E-state index contributed by atoms with van der Waals surface area (Å²) in [7, 11) is 1.26. The number of Topliss-reactive ketones (excluding diaryl/α,β-unsaturated/α-hetero) is 1. The number of halogens is 1. The third kappa shape index (κ3) is 4.97. The van der Waals surface area contributed by atoms with Crippen LogP contribution in [0, 0.1) is 5.82 Å². The molecule has 0 heterocycles. The smallest absolute Gasteiger partial charge is 0.339 e. The molecule has 0 spiro atoms. The van der Waals surface area contributed by atoms with E-state index >= 15 is 0 Å². The van der Waals surface area contributed by atoms with Crippen LogP contribution in [-0.4, -0.2) is 30.4 Å². The van der Waals surface area contributed by atoms with Crippen LogP contribution in [0.3, 0.4) is 0 Å². The molecule has 1 aliphatic rings. The Kier molecular flexibility index (Phi) is 6.20. The van der Waals surface area contributed by atoms with Crippen LogP contribution in [-0.2, 0) is 14.3 Å². The van der Waals surface area contributed by atoms with Gasteiger partial charge in [0.05, 0.1) is 18.2 Å². The maximum Gasteiger partial charge on any atom is 0.339 e. The fourth-order valence-corrected chi connectivity index (χ4v) is 3.23. The number of methoxy groups -OCH3 is 1. The van der Waals surface area contributed by atoms with Crippen LogP contribution in [0.5, 0.6) is 0 Å². The Hall–Kier alpha value is -3.54. The third-order valence-electron chi connectivity index (χ3n) is 4.65. The highest BCUT2D eigenvalue weighted by Crippen LogP contribution is 2.29. The van der Waals surface area contributed by atoms with Gasteiger partial charge in [0.2, 0.25) is 0 Å². The Morgan fingerprint density at radius 3 is 2.32 bits per heavy atom. The van der Waals surface area contributed by atoms with E-state index in [1.54, 1.807) is 57.2 Å². The molecule has 160 valence electrons. The molecule has 0 unspecified atom stereocenters. The maximum atomic E-state index is 14.9. The first-order valence-electron chi connectivity index (χ1n) is 9.77. The SMILES string of the molecule is COC(=O)C1=CC(C(=O)c2ccc(-c3ccccc3C(=O)OC(C)(C)C)cc2F)=CC1. The Balaban J connectivity index is 1.91. The van der Waals surface area contributed by atoms with Gasteiger partial charge in [0, 0.05) is 11.1 Å². The van der Waals surface area contributed by atoms with E-state index in [2.05, 4.69) is 4.74 Å². The molecule has 31 heavy (non-hydrogen) atoms. The molecular formula is C25H23FO5. The molecule has 0 radical (unpaired) electrons. The quantitative estimate of drug-likeness (QED) is 0.498. The maximum absolute atomic E-state index is 14.9. The van der Waals surface area contributed by atoms with E-state index in [1.165, 1.54) is 25.3 Å². The number of allylic oxidation sites excluding steroid dienone is 3. The van der Waals surface area contributed by atoms with Crippen LogP contribution in [0.25, 0.3) is 11.1 Å². The average Bonchev–Trinajstić information content (AvgIpc) is 3.21. The van der Waals surface area contributed by atoms with Crippen LogP contribution in [0.2, 0.25) is 0 Å². The van der Waals surface area contributed by atoms with Crippen molar-refractivity contribution in [3.63, 3.8) is 0 Å². The summed E-state index contributed by atoms with van der Waals surface area (Å²) in [5.41, 5.74) is 1.05. The number of ketones is 1. The van der Waals surface area contributed by atoms with Crippen LogP contribution in [0.1, 0.15) is 47.9 Å². The first-order chi connectivity index (χ1) is 14.6. The van der Waals surface area contributed by atoms with Gasteiger partial charge in [-0.2, -0.15) is 0 Å². The normalized spacial score (nSPS) is 13.3. The van der Waals surface area contributed by atoms with Crippen molar-refractivity contribution in [2.45, 2.75) is 32.8 Å². The van der Waals surface area contributed by atoms with Gasteiger partial charge in [0.15, 0.2) is 5.78 Å². The van der Waals surface area contributed by atoms with E-state index in [1.807, 2.05) is 0 Å². The predicted octanol–water partition coefficient (Wildman–Crippen LogP) is 5.06. The van der Waals surface area contributed by atoms with Crippen molar-refractivity contribution in [2.24, 2.45) is 0 Å². The summed E-state index contributed by atoms with van der Waals surface area (Å²) in [6.07, 6.45) is 3.25. The molecule has 0 N–H and O–H groups in total. The molecular weight excluding hydrogens is 399 g/mol. The second-order valence-corrected chi connectivity index (χ2v) is 8.10. The van der Waals surface area contributed by atoms with Crippen molar-refractivity contribution in [3.05, 3.63) is 82.7 Å². The standard InChI is InChI=1S/C25H23FO5/c1-25(2,3)31-24(29)19-8-6-5-7-18(19)15-11-12-20(21(26)14-15)22(27)16-9-10-17(13-16)23(28)30-4/h5-9,11-14H,10H2,1-4H3. The van der Waals surface area contributed by atoms with Crippen LogP contribution >= 0.6 is 0 Å². The van der Waals surface area contributed by atoms with E-state index in [4.69, 9.17) is 4.74 Å². The first kappa shape index (κ1) is 22.2. The molecule has 3 rings (SSSR count).